The minimum Gasteiger partial charge on any atom is -0.399 e. The number of carbonyl (C=O) groups excluding carboxylic acids is 2. The standard InChI is InChI=1S/C34H33N5O3/c1-2-17-39(42-22-23-11-15-29(35)16-12-23)34(41)28-18-27-14-13-26(20-31(27)38-32(36)21-28)25-9-6-10-30(19-25)37-33(40)24-7-4-3-5-8-24/h3-16,18-20H,2,17,21-22,35H2,1H3,(H2,36,38)(H,37,40). The highest BCUT2D eigenvalue weighted by Gasteiger charge is 2.22. The molecule has 0 saturated carbocycles. The number of nitrogens with one attached hydrogen (secondary N) is 1. The Morgan fingerprint density at radius 3 is 2.43 bits per heavy atom. The molecule has 8 nitrogen and oxygen atoms in total. The van der Waals surface area contributed by atoms with Crippen molar-refractivity contribution in [3.63, 3.8) is 0 Å². The van der Waals surface area contributed by atoms with Crippen molar-refractivity contribution >= 4 is 40.8 Å². The van der Waals surface area contributed by atoms with Crippen LogP contribution in [0.15, 0.2) is 108 Å². The van der Waals surface area contributed by atoms with E-state index < -0.39 is 0 Å². The normalized spacial score (nSPS) is 12.4. The van der Waals surface area contributed by atoms with E-state index in [1.54, 1.807) is 24.3 Å². The first-order chi connectivity index (χ1) is 20.4. The smallest absolute Gasteiger partial charge is 0.273 e. The number of amides is 2. The van der Waals surface area contributed by atoms with E-state index in [0.717, 1.165) is 28.7 Å². The number of aliphatic imine (C=N–C) groups is 1. The van der Waals surface area contributed by atoms with Gasteiger partial charge >= 0.3 is 0 Å². The topological polar surface area (TPSA) is 123 Å². The van der Waals surface area contributed by atoms with Crippen LogP contribution in [0, 0.1) is 0 Å². The van der Waals surface area contributed by atoms with Crippen LogP contribution < -0.4 is 16.8 Å². The third-order valence-electron chi connectivity index (χ3n) is 6.78. The van der Waals surface area contributed by atoms with Crippen molar-refractivity contribution in [2.75, 3.05) is 17.6 Å². The minimum absolute atomic E-state index is 0.177. The van der Waals surface area contributed by atoms with Gasteiger partial charge in [-0.2, -0.15) is 0 Å². The number of nitrogen functional groups attached to an aromatic ring is 1. The molecule has 0 bridgehead atoms. The quantitative estimate of drug-likeness (QED) is 0.163. The van der Waals surface area contributed by atoms with Gasteiger partial charge < -0.3 is 16.8 Å². The van der Waals surface area contributed by atoms with Gasteiger partial charge in [-0.1, -0.05) is 61.5 Å². The molecule has 0 atom stereocenters. The number of benzene rings is 4. The number of rotatable bonds is 9. The van der Waals surface area contributed by atoms with Crippen molar-refractivity contribution in [3.8, 4) is 11.1 Å². The van der Waals surface area contributed by atoms with Gasteiger partial charge in [0.15, 0.2) is 0 Å². The van der Waals surface area contributed by atoms with Gasteiger partial charge in [0.25, 0.3) is 11.8 Å². The van der Waals surface area contributed by atoms with Crippen LogP contribution in [0.3, 0.4) is 0 Å². The van der Waals surface area contributed by atoms with Crippen molar-refractivity contribution in [1.82, 2.24) is 5.06 Å². The number of anilines is 2. The van der Waals surface area contributed by atoms with Crippen molar-refractivity contribution in [3.05, 3.63) is 119 Å². The molecule has 4 aromatic rings. The number of nitrogens with zero attached hydrogens (tertiary/aromatic N) is 2. The number of hydroxylamine groups is 2. The third-order valence-corrected chi connectivity index (χ3v) is 6.78. The zero-order valence-electron chi connectivity index (χ0n) is 23.4. The first kappa shape index (κ1) is 28.3. The van der Waals surface area contributed by atoms with Gasteiger partial charge in [-0.05, 0) is 71.7 Å². The maximum atomic E-state index is 13.6. The summed E-state index contributed by atoms with van der Waals surface area (Å²) in [5.74, 6) is -0.0856. The minimum atomic E-state index is -0.246. The maximum absolute atomic E-state index is 13.6. The van der Waals surface area contributed by atoms with Crippen LogP contribution in [0.4, 0.5) is 17.1 Å². The Morgan fingerprint density at radius 2 is 1.67 bits per heavy atom. The highest BCUT2D eigenvalue weighted by atomic mass is 16.7. The zero-order chi connectivity index (χ0) is 29.5. The van der Waals surface area contributed by atoms with Gasteiger partial charge in [0.1, 0.15) is 12.4 Å². The summed E-state index contributed by atoms with van der Waals surface area (Å²) in [6, 6.07) is 29.9. The molecular weight excluding hydrogens is 526 g/mol. The average molecular weight is 560 g/mol. The molecule has 0 radical (unpaired) electrons. The van der Waals surface area contributed by atoms with Gasteiger partial charge in [-0.3, -0.25) is 14.4 Å². The zero-order valence-corrected chi connectivity index (χ0v) is 23.4. The van der Waals surface area contributed by atoms with Crippen LogP contribution in [0.5, 0.6) is 0 Å². The van der Waals surface area contributed by atoms with E-state index in [2.05, 4.69) is 10.3 Å². The van der Waals surface area contributed by atoms with Crippen LogP contribution in [-0.4, -0.2) is 29.3 Å². The van der Waals surface area contributed by atoms with Gasteiger partial charge in [0, 0.05) is 41.0 Å². The second kappa shape index (κ2) is 13.0. The molecule has 1 heterocycles. The van der Waals surface area contributed by atoms with Gasteiger partial charge in [-0.15, -0.1) is 0 Å². The monoisotopic (exact) mass is 559 g/mol. The van der Waals surface area contributed by atoms with Gasteiger partial charge in [0.05, 0.1) is 5.69 Å². The fourth-order valence-corrected chi connectivity index (χ4v) is 4.63. The number of amidine groups is 1. The number of carbonyl (C=O) groups is 2. The first-order valence-electron chi connectivity index (χ1n) is 13.8. The van der Waals surface area contributed by atoms with E-state index >= 15 is 0 Å². The van der Waals surface area contributed by atoms with Crippen molar-refractivity contribution in [2.24, 2.45) is 10.7 Å². The van der Waals surface area contributed by atoms with Crippen molar-refractivity contribution in [2.45, 2.75) is 26.4 Å². The Hall–Kier alpha value is -5.21. The molecule has 0 aliphatic carbocycles. The van der Waals surface area contributed by atoms with E-state index in [-0.39, 0.29) is 24.8 Å². The largest absolute Gasteiger partial charge is 0.399 e. The molecule has 0 unspecified atom stereocenters. The molecular formula is C34H33N5O3. The highest BCUT2D eigenvalue weighted by molar-refractivity contribution is 6.06. The predicted octanol–water partition coefficient (Wildman–Crippen LogP) is 6.33. The Balaban J connectivity index is 1.35. The van der Waals surface area contributed by atoms with E-state index in [4.69, 9.17) is 16.3 Å². The van der Waals surface area contributed by atoms with Gasteiger partial charge in [-0.25, -0.2) is 10.1 Å². The van der Waals surface area contributed by atoms with Crippen LogP contribution in [0.2, 0.25) is 0 Å². The molecule has 5 N–H and O–H groups in total. The van der Waals surface area contributed by atoms with E-state index in [9.17, 15) is 9.59 Å². The third kappa shape index (κ3) is 6.92. The van der Waals surface area contributed by atoms with Crippen LogP contribution in [0.1, 0.15) is 41.3 Å². The van der Waals surface area contributed by atoms with E-state index in [1.807, 2.05) is 85.8 Å². The molecule has 42 heavy (non-hydrogen) atoms. The van der Waals surface area contributed by atoms with Gasteiger partial charge in [0.2, 0.25) is 0 Å². The number of nitrogens with two attached hydrogens (primary N) is 2. The molecule has 212 valence electrons. The Bertz CT molecular complexity index is 1650. The van der Waals surface area contributed by atoms with Crippen LogP contribution >= 0.6 is 0 Å². The summed E-state index contributed by atoms with van der Waals surface area (Å²) < 4.78 is 0. The fraction of sp³-hybridized carbons (Fsp3) is 0.147. The molecule has 0 fully saturated rings. The molecule has 1 aliphatic heterocycles. The molecule has 4 aromatic carbocycles. The lowest BCUT2D eigenvalue weighted by molar-refractivity contribution is -0.187. The fourth-order valence-electron chi connectivity index (χ4n) is 4.63. The van der Waals surface area contributed by atoms with Crippen LogP contribution in [0.25, 0.3) is 17.2 Å². The average Bonchev–Trinajstić information content (AvgIpc) is 3.17. The number of hydrogen-bond acceptors (Lipinski definition) is 6. The van der Waals surface area contributed by atoms with Crippen molar-refractivity contribution in [1.29, 1.82) is 0 Å². The molecule has 0 spiro atoms. The van der Waals surface area contributed by atoms with E-state index in [1.165, 1.54) is 5.06 Å². The summed E-state index contributed by atoms with van der Waals surface area (Å²) in [6.07, 6.45) is 2.76. The predicted molar refractivity (Wildman–Crippen MR) is 168 cm³/mol. The molecule has 5 rings (SSSR count). The molecule has 0 aromatic heterocycles. The van der Waals surface area contributed by atoms with Crippen molar-refractivity contribution < 1.29 is 14.4 Å². The lowest BCUT2D eigenvalue weighted by atomic mass is 10.0. The number of hydrogen-bond donors (Lipinski definition) is 3. The Kier molecular flexibility index (Phi) is 8.75. The number of fused-ring (bicyclic) bond motifs is 1. The Morgan fingerprint density at radius 1 is 0.905 bits per heavy atom. The molecule has 0 saturated heterocycles. The second-order valence-corrected chi connectivity index (χ2v) is 10.0. The Labute approximate surface area is 245 Å². The molecule has 2 amide bonds. The van der Waals surface area contributed by atoms with E-state index in [0.29, 0.717) is 40.6 Å². The molecule has 8 heteroatoms. The lowest BCUT2D eigenvalue weighted by Crippen LogP contribution is -2.34. The summed E-state index contributed by atoms with van der Waals surface area (Å²) in [6.45, 7) is 2.67. The summed E-state index contributed by atoms with van der Waals surface area (Å²) in [5, 5.41) is 4.35. The van der Waals surface area contributed by atoms with Crippen LogP contribution in [-0.2, 0) is 16.2 Å². The highest BCUT2D eigenvalue weighted by Crippen LogP contribution is 2.33. The lowest BCUT2D eigenvalue weighted by Gasteiger charge is -2.22. The summed E-state index contributed by atoms with van der Waals surface area (Å²) in [7, 11) is 0. The summed E-state index contributed by atoms with van der Waals surface area (Å²) in [4.78, 5) is 36.7. The molecule has 1 aliphatic rings. The second-order valence-electron chi connectivity index (χ2n) is 10.0. The maximum Gasteiger partial charge on any atom is 0.273 e. The summed E-state index contributed by atoms with van der Waals surface area (Å²) >= 11 is 0. The summed E-state index contributed by atoms with van der Waals surface area (Å²) in [5.41, 5.74) is 18.7. The SMILES string of the molecule is CCCN(OCc1ccc(N)cc1)C(=O)C1=Cc2ccc(-c3cccc(NC(=O)c4ccccc4)c3)cc2N=C(N)C1. The first-order valence-corrected chi connectivity index (χ1v) is 13.8.